The Labute approximate surface area is 146 Å². The van der Waals surface area contributed by atoms with Crippen LogP contribution in [0.15, 0.2) is 36.5 Å². The highest BCUT2D eigenvalue weighted by atomic mass is 35.5. The van der Waals surface area contributed by atoms with E-state index in [-0.39, 0.29) is 24.4 Å². The minimum absolute atomic E-state index is 0. The molecule has 2 aromatic rings. The molecule has 2 amide bonds. The smallest absolute Gasteiger partial charge is 0.276 e. The highest BCUT2D eigenvalue weighted by Crippen LogP contribution is 2.16. The number of nitrogens with zero attached hydrogens (tertiary/aromatic N) is 2. The van der Waals surface area contributed by atoms with Gasteiger partial charge in [-0.25, -0.2) is 0 Å². The van der Waals surface area contributed by atoms with E-state index < -0.39 is 5.91 Å². The number of anilines is 1. The predicted molar refractivity (Wildman–Crippen MR) is 93.5 cm³/mol. The van der Waals surface area contributed by atoms with Crippen molar-refractivity contribution >= 4 is 29.9 Å². The lowest BCUT2D eigenvalue weighted by molar-refractivity contribution is 0.0995. The number of hydrogen-bond donors (Lipinski definition) is 3. The molecule has 0 spiro atoms. The fraction of sp³-hybridized carbons (Fsp3) is 0.312. The average molecular weight is 350 g/mol. The van der Waals surface area contributed by atoms with E-state index in [9.17, 15) is 9.59 Å². The van der Waals surface area contributed by atoms with Gasteiger partial charge in [-0.1, -0.05) is 6.07 Å². The number of nitrogens with one attached hydrogen (secondary N) is 2. The number of halogens is 1. The van der Waals surface area contributed by atoms with Crippen LogP contribution in [-0.2, 0) is 0 Å². The van der Waals surface area contributed by atoms with Gasteiger partial charge in [0.15, 0.2) is 5.69 Å². The van der Waals surface area contributed by atoms with Gasteiger partial charge in [-0.3, -0.25) is 14.3 Å². The van der Waals surface area contributed by atoms with E-state index in [0.29, 0.717) is 16.9 Å². The number of amides is 2. The Hall–Kier alpha value is -2.38. The molecule has 2 heterocycles. The van der Waals surface area contributed by atoms with Crippen LogP contribution in [0.5, 0.6) is 0 Å². The molecule has 0 bridgehead atoms. The molecule has 0 saturated carbocycles. The van der Waals surface area contributed by atoms with Gasteiger partial charge < -0.3 is 16.4 Å². The maximum Gasteiger partial charge on any atom is 0.276 e. The summed E-state index contributed by atoms with van der Waals surface area (Å²) in [7, 11) is 0. The van der Waals surface area contributed by atoms with Crippen LogP contribution >= 0.6 is 12.4 Å². The maximum absolute atomic E-state index is 12.3. The summed E-state index contributed by atoms with van der Waals surface area (Å²) in [5, 5.41) is 10.4. The molecule has 128 valence electrons. The molecule has 4 N–H and O–H groups in total. The monoisotopic (exact) mass is 349 g/mol. The van der Waals surface area contributed by atoms with Crippen LogP contribution in [0.2, 0.25) is 0 Å². The minimum Gasteiger partial charge on any atom is -0.366 e. The van der Waals surface area contributed by atoms with Gasteiger partial charge in [-0.2, -0.15) is 5.10 Å². The minimum atomic E-state index is -0.532. The fourth-order valence-electron chi connectivity index (χ4n) is 2.67. The van der Waals surface area contributed by atoms with E-state index in [1.807, 2.05) is 10.9 Å². The zero-order valence-corrected chi connectivity index (χ0v) is 13.9. The van der Waals surface area contributed by atoms with Gasteiger partial charge in [0.05, 0.1) is 6.04 Å². The SMILES string of the molecule is Cl.NC(=O)c1cccc(NC(=O)c2ccn(C3CCCNC3)n2)c1. The topological polar surface area (TPSA) is 102 Å². The lowest BCUT2D eigenvalue weighted by Crippen LogP contribution is -2.32. The molecule has 1 aromatic heterocycles. The Morgan fingerprint density at radius 2 is 2.17 bits per heavy atom. The summed E-state index contributed by atoms with van der Waals surface area (Å²) in [5.41, 5.74) is 6.45. The van der Waals surface area contributed by atoms with Crippen molar-refractivity contribution in [2.24, 2.45) is 5.73 Å². The standard InChI is InChI=1S/C16H19N5O2.ClH/c17-15(22)11-3-1-4-12(9-11)19-16(23)14-6-8-21(20-14)13-5-2-7-18-10-13;/h1,3-4,6,8-9,13,18H,2,5,7,10H2,(H2,17,22)(H,19,23);1H. The summed E-state index contributed by atoms with van der Waals surface area (Å²) in [4.78, 5) is 23.4. The number of aromatic nitrogens is 2. The molecule has 0 radical (unpaired) electrons. The van der Waals surface area contributed by atoms with E-state index in [1.54, 1.807) is 30.3 Å². The molecule has 1 aliphatic heterocycles. The van der Waals surface area contributed by atoms with Crippen LogP contribution in [0, 0.1) is 0 Å². The molecule has 0 aliphatic carbocycles. The second-order valence-corrected chi connectivity index (χ2v) is 5.58. The summed E-state index contributed by atoms with van der Waals surface area (Å²) in [6.45, 7) is 1.89. The zero-order chi connectivity index (χ0) is 16.2. The van der Waals surface area contributed by atoms with Crippen molar-refractivity contribution in [2.45, 2.75) is 18.9 Å². The first kappa shape index (κ1) is 18.0. The quantitative estimate of drug-likeness (QED) is 0.779. The fourth-order valence-corrected chi connectivity index (χ4v) is 2.67. The number of hydrogen-bond acceptors (Lipinski definition) is 4. The number of carbonyl (C=O) groups is 2. The molecule has 1 aliphatic rings. The molecular weight excluding hydrogens is 330 g/mol. The highest BCUT2D eigenvalue weighted by molar-refractivity contribution is 6.03. The van der Waals surface area contributed by atoms with Gasteiger partial charge >= 0.3 is 0 Å². The molecule has 3 rings (SSSR count). The third-order valence-corrected chi connectivity index (χ3v) is 3.89. The second kappa shape index (κ2) is 7.94. The van der Waals surface area contributed by atoms with Crippen molar-refractivity contribution in [3.8, 4) is 0 Å². The molecule has 1 atom stereocenters. The Morgan fingerprint density at radius 1 is 1.33 bits per heavy atom. The van der Waals surface area contributed by atoms with Gasteiger partial charge in [0.2, 0.25) is 5.91 Å². The molecule has 8 heteroatoms. The van der Waals surface area contributed by atoms with Crippen LogP contribution in [-0.4, -0.2) is 34.7 Å². The van der Waals surface area contributed by atoms with Crippen LogP contribution < -0.4 is 16.4 Å². The van der Waals surface area contributed by atoms with Crippen LogP contribution in [0.3, 0.4) is 0 Å². The van der Waals surface area contributed by atoms with Gasteiger partial charge in [-0.05, 0) is 43.7 Å². The summed E-state index contributed by atoms with van der Waals surface area (Å²) < 4.78 is 1.83. The number of piperidine rings is 1. The number of nitrogens with two attached hydrogens (primary N) is 1. The molecule has 24 heavy (non-hydrogen) atoms. The van der Waals surface area contributed by atoms with Gasteiger partial charge in [0.1, 0.15) is 0 Å². The molecular formula is C16H20ClN5O2. The van der Waals surface area contributed by atoms with Crippen molar-refractivity contribution in [2.75, 3.05) is 18.4 Å². The Bertz CT molecular complexity index is 725. The lowest BCUT2D eigenvalue weighted by Gasteiger charge is -2.22. The molecule has 1 unspecified atom stereocenters. The van der Waals surface area contributed by atoms with Crippen LogP contribution in [0.4, 0.5) is 5.69 Å². The van der Waals surface area contributed by atoms with E-state index in [2.05, 4.69) is 15.7 Å². The van der Waals surface area contributed by atoms with E-state index in [4.69, 9.17) is 5.73 Å². The first-order valence-electron chi connectivity index (χ1n) is 7.60. The first-order valence-corrected chi connectivity index (χ1v) is 7.60. The molecule has 1 saturated heterocycles. The van der Waals surface area contributed by atoms with Gasteiger partial charge in [0.25, 0.3) is 5.91 Å². The summed E-state index contributed by atoms with van der Waals surface area (Å²) >= 11 is 0. The normalized spacial score (nSPS) is 16.9. The van der Waals surface area contributed by atoms with Crippen molar-refractivity contribution in [3.05, 3.63) is 47.8 Å². The number of carbonyl (C=O) groups excluding carboxylic acids is 2. The average Bonchev–Trinajstić information content (AvgIpc) is 3.06. The summed E-state index contributed by atoms with van der Waals surface area (Å²) in [6, 6.07) is 8.49. The third kappa shape index (κ3) is 4.12. The lowest BCUT2D eigenvalue weighted by atomic mass is 10.1. The zero-order valence-electron chi connectivity index (χ0n) is 13.1. The van der Waals surface area contributed by atoms with Gasteiger partial charge in [0, 0.05) is 24.0 Å². The third-order valence-electron chi connectivity index (χ3n) is 3.89. The Kier molecular flexibility index (Phi) is 5.94. The van der Waals surface area contributed by atoms with Crippen LogP contribution in [0.25, 0.3) is 0 Å². The number of primary amides is 1. The van der Waals surface area contributed by atoms with Crippen LogP contribution in [0.1, 0.15) is 39.7 Å². The Morgan fingerprint density at radius 3 is 2.88 bits per heavy atom. The van der Waals surface area contributed by atoms with E-state index in [1.165, 1.54) is 0 Å². The van der Waals surface area contributed by atoms with Crippen molar-refractivity contribution in [3.63, 3.8) is 0 Å². The van der Waals surface area contributed by atoms with Crippen molar-refractivity contribution in [1.29, 1.82) is 0 Å². The summed E-state index contributed by atoms with van der Waals surface area (Å²) in [6.07, 6.45) is 3.98. The maximum atomic E-state index is 12.3. The summed E-state index contributed by atoms with van der Waals surface area (Å²) in [5.74, 6) is -0.843. The molecule has 1 fully saturated rings. The first-order chi connectivity index (χ1) is 11.1. The second-order valence-electron chi connectivity index (χ2n) is 5.58. The van der Waals surface area contributed by atoms with E-state index in [0.717, 1.165) is 25.9 Å². The Balaban J connectivity index is 0.00000208. The predicted octanol–water partition coefficient (Wildman–Crippen LogP) is 1.58. The number of rotatable bonds is 4. The van der Waals surface area contributed by atoms with Crippen molar-refractivity contribution < 1.29 is 9.59 Å². The van der Waals surface area contributed by atoms with Crippen molar-refractivity contribution in [1.82, 2.24) is 15.1 Å². The highest BCUT2D eigenvalue weighted by Gasteiger charge is 2.17. The molecule has 1 aromatic carbocycles. The molecule has 7 nitrogen and oxygen atoms in total. The number of benzene rings is 1. The largest absolute Gasteiger partial charge is 0.366 e. The van der Waals surface area contributed by atoms with E-state index >= 15 is 0 Å². The van der Waals surface area contributed by atoms with Gasteiger partial charge in [-0.15, -0.1) is 12.4 Å².